The molecule has 0 atom stereocenters. The number of ether oxygens (including phenoxy) is 1. The lowest BCUT2D eigenvalue weighted by atomic mass is 10.2. The lowest BCUT2D eigenvalue weighted by molar-refractivity contribution is -0.908. The number of nitrogens with zero attached hydrogens (tertiary/aromatic N) is 2. The van der Waals surface area contributed by atoms with Gasteiger partial charge in [0.15, 0.2) is 5.71 Å². The summed E-state index contributed by atoms with van der Waals surface area (Å²) in [6.07, 6.45) is 2.43. The Labute approximate surface area is 123 Å². The molecular formula is C14H21N4O3+. The van der Waals surface area contributed by atoms with Crippen molar-refractivity contribution >= 4 is 11.6 Å². The molecule has 1 amide bonds. The Balaban J connectivity index is 1.73. The fourth-order valence-corrected chi connectivity index (χ4v) is 2.25. The third-order valence-corrected chi connectivity index (χ3v) is 3.42. The van der Waals surface area contributed by atoms with Gasteiger partial charge in [0.25, 0.3) is 5.91 Å². The number of carbonyl (C=O) groups excluding carboxylic acids is 1. The van der Waals surface area contributed by atoms with Gasteiger partial charge in [-0.05, 0) is 12.1 Å². The van der Waals surface area contributed by atoms with Crippen LogP contribution in [0.25, 0.3) is 0 Å². The number of aromatic nitrogens is 1. The minimum atomic E-state index is -0.409. The molecule has 0 spiro atoms. The highest BCUT2D eigenvalue weighted by Gasteiger charge is 2.16. The lowest BCUT2D eigenvalue weighted by Gasteiger charge is -2.23. The largest absolute Gasteiger partial charge is 0.410 e. The van der Waals surface area contributed by atoms with Gasteiger partial charge in [0.2, 0.25) is 0 Å². The average molecular weight is 293 g/mol. The van der Waals surface area contributed by atoms with Gasteiger partial charge in [-0.25, -0.2) is 0 Å². The van der Waals surface area contributed by atoms with Crippen LogP contribution >= 0.6 is 0 Å². The molecule has 0 aliphatic carbocycles. The van der Waals surface area contributed by atoms with Crippen LogP contribution in [-0.2, 0) is 9.53 Å². The number of amides is 1. The zero-order chi connectivity index (χ0) is 14.9. The van der Waals surface area contributed by atoms with Gasteiger partial charge in [-0.3, -0.25) is 9.78 Å². The summed E-state index contributed by atoms with van der Waals surface area (Å²) in [5, 5.41) is 14.8. The Morgan fingerprint density at radius 1 is 1.43 bits per heavy atom. The van der Waals surface area contributed by atoms with Gasteiger partial charge in [0, 0.05) is 19.2 Å². The van der Waals surface area contributed by atoms with E-state index in [0.717, 1.165) is 39.3 Å². The summed E-state index contributed by atoms with van der Waals surface area (Å²) in [5.74, 6) is -0.409. The molecule has 2 heterocycles. The molecule has 0 saturated carbocycles. The van der Waals surface area contributed by atoms with Gasteiger partial charge in [-0.2, -0.15) is 0 Å². The van der Waals surface area contributed by atoms with Crippen LogP contribution in [0.5, 0.6) is 0 Å². The Morgan fingerprint density at radius 3 is 2.90 bits per heavy atom. The standard InChI is InChI=1S/C14H20N4O3/c19-14(13(17-20)12-4-1-2-5-15-12)16-6-3-7-18-8-10-21-11-9-18/h1-2,4-5,20H,3,6-11H2,(H,16,19)/p+1/b17-13-. The number of carbonyl (C=O) groups is 1. The Bertz CT molecular complexity index is 472. The molecule has 114 valence electrons. The molecule has 1 aliphatic rings. The molecule has 3 N–H and O–H groups in total. The van der Waals surface area contributed by atoms with Crippen LogP contribution in [0.2, 0.25) is 0 Å². The number of rotatable bonds is 6. The highest BCUT2D eigenvalue weighted by molar-refractivity contribution is 6.44. The zero-order valence-electron chi connectivity index (χ0n) is 11.9. The fraction of sp³-hybridized carbons (Fsp3) is 0.500. The van der Waals surface area contributed by atoms with Gasteiger partial charge in [-0.15, -0.1) is 0 Å². The molecule has 0 bridgehead atoms. The number of hydrogen-bond acceptors (Lipinski definition) is 5. The monoisotopic (exact) mass is 293 g/mol. The Morgan fingerprint density at radius 2 is 2.24 bits per heavy atom. The Kier molecular flexibility index (Phi) is 6.11. The summed E-state index contributed by atoms with van der Waals surface area (Å²) in [4.78, 5) is 17.5. The van der Waals surface area contributed by atoms with E-state index in [9.17, 15) is 4.79 Å². The van der Waals surface area contributed by atoms with Crippen LogP contribution in [0.3, 0.4) is 0 Å². The summed E-state index contributed by atoms with van der Waals surface area (Å²) in [5.41, 5.74) is 0.297. The minimum absolute atomic E-state index is 0.0608. The van der Waals surface area contributed by atoms with Crippen molar-refractivity contribution in [3.05, 3.63) is 30.1 Å². The first-order chi connectivity index (χ1) is 10.3. The molecule has 7 heteroatoms. The molecular weight excluding hydrogens is 272 g/mol. The van der Waals surface area contributed by atoms with Gasteiger partial charge in [-0.1, -0.05) is 11.2 Å². The second-order valence-electron chi connectivity index (χ2n) is 4.89. The van der Waals surface area contributed by atoms with E-state index in [4.69, 9.17) is 9.94 Å². The van der Waals surface area contributed by atoms with Crippen molar-refractivity contribution in [2.45, 2.75) is 6.42 Å². The molecule has 0 radical (unpaired) electrons. The third kappa shape index (κ3) is 4.80. The average Bonchev–Trinajstić information content (AvgIpc) is 2.54. The second kappa shape index (κ2) is 8.33. The number of nitrogens with one attached hydrogen (secondary N) is 2. The second-order valence-corrected chi connectivity index (χ2v) is 4.89. The normalized spacial score (nSPS) is 16.7. The summed E-state index contributed by atoms with van der Waals surface area (Å²) in [6, 6.07) is 5.11. The quantitative estimate of drug-likeness (QED) is 0.263. The van der Waals surface area contributed by atoms with E-state index in [1.165, 1.54) is 4.90 Å². The lowest BCUT2D eigenvalue weighted by Crippen LogP contribution is -3.14. The van der Waals surface area contributed by atoms with Gasteiger partial charge >= 0.3 is 0 Å². The van der Waals surface area contributed by atoms with Crippen molar-refractivity contribution in [2.75, 3.05) is 39.4 Å². The van der Waals surface area contributed by atoms with E-state index in [2.05, 4.69) is 15.5 Å². The van der Waals surface area contributed by atoms with E-state index in [-0.39, 0.29) is 5.71 Å². The molecule has 1 aromatic heterocycles. The molecule has 0 aromatic carbocycles. The van der Waals surface area contributed by atoms with E-state index in [1.807, 2.05) is 0 Å². The smallest absolute Gasteiger partial charge is 0.275 e. The highest BCUT2D eigenvalue weighted by Crippen LogP contribution is 1.96. The molecule has 2 rings (SSSR count). The maximum atomic E-state index is 12.0. The van der Waals surface area contributed by atoms with Crippen LogP contribution < -0.4 is 10.2 Å². The number of morpholine rings is 1. The molecule has 1 fully saturated rings. The summed E-state index contributed by atoms with van der Waals surface area (Å²) in [6.45, 7) is 5.20. The van der Waals surface area contributed by atoms with Crippen molar-refractivity contribution in [2.24, 2.45) is 5.16 Å². The first-order valence-corrected chi connectivity index (χ1v) is 7.14. The van der Waals surface area contributed by atoms with E-state index >= 15 is 0 Å². The van der Waals surface area contributed by atoms with Crippen LogP contribution in [0.15, 0.2) is 29.6 Å². The van der Waals surface area contributed by atoms with Crippen molar-refractivity contribution < 1.29 is 19.6 Å². The number of hydrogen-bond donors (Lipinski definition) is 3. The predicted molar refractivity (Wildman–Crippen MR) is 76.6 cm³/mol. The zero-order valence-corrected chi connectivity index (χ0v) is 11.9. The Hall–Kier alpha value is -1.99. The number of pyridine rings is 1. The number of quaternary nitrogens is 1. The van der Waals surface area contributed by atoms with Gasteiger partial charge in [0.1, 0.15) is 13.1 Å². The molecule has 1 aromatic rings. The van der Waals surface area contributed by atoms with Crippen molar-refractivity contribution in [3.63, 3.8) is 0 Å². The summed E-state index contributed by atoms with van der Waals surface area (Å²) < 4.78 is 5.30. The first kappa shape index (κ1) is 15.4. The van der Waals surface area contributed by atoms with Gasteiger partial charge < -0.3 is 20.2 Å². The van der Waals surface area contributed by atoms with Crippen molar-refractivity contribution in [1.82, 2.24) is 10.3 Å². The van der Waals surface area contributed by atoms with Crippen LogP contribution in [0.4, 0.5) is 0 Å². The molecule has 1 aliphatic heterocycles. The van der Waals surface area contributed by atoms with E-state index < -0.39 is 5.91 Å². The first-order valence-electron chi connectivity index (χ1n) is 7.14. The van der Waals surface area contributed by atoms with Gasteiger partial charge in [0.05, 0.1) is 25.5 Å². The SMILES string of the molecule is O=C(NCCC[NH+]1CCOCC1)/C(=N\O)c1ccccn1. The van der Waals surface area contributed by atoms with Crippen LogP contribution in [0.1, 0.15) is 12.1 Å². The minimum Gasteiger partial charge on any atom is -0.410 e. The van der Waals surface area contributed by atoms with E-state index in [0.29, 0.717) is 12.2 Å². The maximum Gasteiger partial charge on any atom is 0.275 e. The summed E-state index contributed by atoms with van der Waals surface area (Å²) in [7, 11) is 0. The number of oxime groups is 1. The summed E-state index contributed by atoms with van der Waals surface area (Å²) >= 11 is 0. The van der Waals surface area contributed by atoms with Crippen molar-refractivity contribution in [3.8, 4) is 0 Å². The fourth-order valence-electron chi connectivity index (χ4n) is 2.25. The molecule has 1 saturated heterocycles. The van der Waals surface area contributed by atoms with Crippen molar-refractivity contribution in [1.29, 1.82) is 0 Å². The predicted octanol–water partition coefficient (Wildman–Crippen LogP) is -1.32. The topological polar surface area (TPSA) is 88.2 Å². The molecule has 0 unspecified atom stereocenters. The highest BCUT2D eigenvalue weighted by atomic mass is 16.5. The van der Waals surface area contributed by atoms with Crippen LogP contribution in [0, 0.1) is 0 Å². The van der Waals surface area contributed by atoms with E-state index in [1.54, 1.807) is 24.4 Å². The third-order valence-electron chi connectivity index (χ3n) is 3.42. The maximum absolute atomic E-state index is 12.0. The van der Waals surface area contributed by atoms with Crippen LogP contribution in [-0.4, -0.2) is 61.2 Å². The molecule has 7 nitrogen and oxygen atoms in total. The molecule has 21 heavy (non-hydrogen) atoms.